The lowest BCUT2D eigenvalue weighted by Crippen LogP contribution is -2.36. The lowest BCUT2D eigenvalue weighted by atomic mass is 10.3. The van der Waals surface area contributed by atoms with Crippen LogP contribution in [-0.4, -0.2) is 18.1 Å². The number of hydrogen-bond donors (Lipinski definition) is 1. The Bertz CT molecular complexity index is 65.4. The molecule has 2 heteroatoms. The van der Waals surface area contributed by atoms with Crippen LogP contribution >= 0.6 is 0 Å². The summed E-state index contributed by atoms with van der Waals surface area (Å²) in [5.41, 5.74) is 0. The lowest BCUT2D eigenvalue weighted by Gasteiger charge is -2.15. The maximum atomic E-state index is 3.23. The van der Waals surface area contributed by atoms with Crippen molar-refractivity contribution in [3.63, 3.8) is 0 Å². The molecule has 0 aromatic rings. The number of rotatable bonds is 1. The highest BCUT2D eigenvalue weighted by molar-refractivity contribution is 7.95. The van der Waals surface area contributed by atoms with Crippen LogP contribution in [0.2, 0.25) is 0 Å². The van der Waals surface area contributed by atoms with Crippen molar-refractivity contribution < 1.29 is 0 Å². The fourth-order valence-electron chi connectivity index (χ4n) is 0.306. The first-order chi connectivity index (χ1) is 3.48. The van der Waals surface area contributed by atoms with Crippen molar-refractivity contribution in [3.05, 3.63) is 0 Å². The molecule has 0 aliphatic carbocycles. The predicted molar refractivity (Wildman–Crippen MR) is 42.1 cm³/mol. The van der Waals surface area contributed by atoms with Gasteiger partial charge in [0.15, 0.2) is 0 Å². The van der Waals surface area contributed by atoms with E-state index in [0.29, 0.717) is 15.8 Å². The van der Waals surface area contributed by atoms with Crippen molar-refractivity contribution in [1.82, 2.24) is 4.72 Å². The van der Waals surface area contributed by atoms with E-state index >= 15 is 0 Å². The van der Waals surface area contributed by atoms with E-state index in [0.717, 1.165) is 0 Å². The molecule has 0 radical (unpaired) electrons. The largest absolute Gasteiger partial charge is 0.141 e. The van der Waals surface area contributed by atoms with E-state index in [9.17, 15) is 0 Å². The molecule has 0 aliphatic rings. The highest BCUT2D eigenvalue weighted by atomic mass is 32.2. The SMILES string of the molecule is CN[S+](C)C(C)(C)C. The van der Waals surface area contributed by atoms with E-state index in [4.69, 9.17) is 0 Å². The molecule has 50 valence electrons. The van der Waals surface area contributed by atoms with Gasteiger partial charge in [-0.1, -0.05) is 0 Å². The van der Waals surface area contributed by atoms with Gasteiger partial charge >= 0.3 is 0 Å². The smallest absolute Gasteiger partial charge is 0.138 e. The summed E-state index contributed by atoms with van der Waals surface area (Å²) in [4.78, 5) is 0. The summed E-state index contributed by atoms with van der Waals surface area (Å²) in [7, 11) is 2.01. The molecule has 0 spiro atoms. The van der Waals surface area contributed by atoms with Gasteiger partial charge in [0.25, 0.3) is 0 Å². The minimum atomic E-state index is 0.356. The molecule has 0 aromatic carbocycles. The molecule has 0 amide bonds. The van der Waals surface area contributed by atoms with Crippen LogP contribution < -0.4 is 4.72 Å². The molecule has 0 rings (SSSR count). The molecule has 0 aliphatic heterocycles. The van der Waals surface area contributed by atoms with Crippen LogP contribution in [0.1, 0.15) is 20.8 Å². The highest BCUT2D eigenvalue weighted by Gasteiger charge is 2.27. The van der Waals surface area contributed by atoms with Gasteiger partial charge in [0.2, 0.25) is 0 Å². The summed E-state index contributed by atoms with van der Waals surface area (Å²) in [6, 6.07) is 0. The number of hydrogen-bond acceptors (Lipinski definition) is 1. The lowest BCUT2D eigenvalue weighted by molar-refractivity contribution is 0.785. The predicted octanol–water partition coefficient (Wildman–Crippen LogP) is 1.17. The van der Waals surface area contributed by atoms with Gasteiger partial charge in [-0.05, 0) is 20.8 Å². The Morgan fingerprint density at radius 1 is 1.25 bits per heavy atom. The summed E-state index contributed by atoms with van der Waals surface area (Å²) < 4.78 is 3.66. The summed E-state index contributed by atoms with van der Waals surface area (Å²) in [6.07, 6.45) is 2.22. The molecule has 0 saturated carbocycles. The Balaban J connectivity index is 3.62. The maximum absolute atomic E-state index is 3.23. The topological polar surface area (TPSA) is 12.0 Å². The zero-order valence-corrected chi connectivity index (χ0v) is 7.22. The van der Waals surface area contributed by atoms with Crippen LogP contribution in [0.3, 0.4) is 0 Å². The van der Waals surface area contributed by atoms with Crippen molar-refractivity contribution in [2.45, 2.75) is 25.5 Å². The zero-order chi connectivity index (χ0) is 6.78. The molecular weight excluding hydrogens is 118 g/mol. The fourth-order valence-corrected chi connectivity index (χ4v) is 0.919. The summed E-state index contributed by atoms with van der Waals surface area (Å²) in [5.74, 6) is 0. The second kappa shape index (κ2) is 2.74. The fraction of sp³-hybridized carbons (Fsp3) is 1.00. The highest BCUT2D eigenvalue weighted by Crippen LogP contribution is 2.11. The zero-order valence-electron chi connectivity index (χ0n) is 6.41. The van der Waals surface area contributed by atoms with Crippen LogP contribution in [-0.2, 0) is 11.1 Å². The van der Waals surface area contributed by atoms with E-state index in [-0.39, 0.29) is 0 Å². The van der Waals surface area contributed by atoms with Crippen LogP contribution in [0.25, 0.3) is 0 Å². The van der Waals surface area contributed by atoms with Crippen molar-refractivity contribution >= 4 is 11.1 Å². The molecule has 0 heterocycles. The van der Waals surface area contributed by atoms with Gasteiger partial charge < -0.3 is 0 Å². The maximum Gasteiger partial charge on any atom is 0.138 e. The average molecular weight is 134 g/mol. The van der Waals surface area contributed by atoms with Gasteiger partial charge in [0, 0.05) is 7.05 Å². The summed E-state index contributed by atoms with van der Waals surface area (Å²) >= 11 is 0.356. The second-order valence-corrected chi connectivity index (χ2v) is 5.48. The van der Waals surface area contributed by atoms with Crippen molar-refractivity contribution in [2.24, 2.45) is 0 Å². The van der Waals surface area contributed by atoms with Crippen LogP contribution in [0, 0.1) is 0 Å². The minimum Gasteiger partial charge on any atom is -0.141 e. The van der Waals surface area contributed by atoms with E-state index in [1.807, 2.05) is 7.05 Å². The molecule has 0 bridgehead atoms. The van der Waals surface area contributed by atoms with Crippen molar-refractivity contribution in [2.75, 3.05) is 13.3 Å². The van der Waals surface area contributed by atoms with E-state index in [1.165, 1.54) is 0 Å². The minimum absolute atomic E-state index is 0.356. The van der Waals surface area contributed by atoms with Gasteiger partial charge in [-0.15, -0.1) is 4.72 Å². The Morgan fingerprint density at radius 2 is 1.62 bits per heavy atom. The Kier molecular flexibility index (Phi) is 2.84. The van der Waals surface area contributed by atoms with Gasteiger partial charge in [0.1, 0.15) is 11.0 Å². The van der Waals surface area contributed by atoms with Crippen LogP contribution in [0.15, 0.2) is 0 Å². The van der Waals surface area contributed by atoms with Crippen molar-refractivity contribution in [1.29, 1.82) is 0 Å². The standard InChI is InChI=1S/C6H16NS/c1-6(2,3)8(5)7-4/h7H,1-5H3/q+1. The molecule has 1 N–H and O–H groups in total. The molecule has 0 aromatic heterocycles. The monoisotopic (exact) mass is 134 g/mol. The van der Waals surface area contributed by atoms with E-state index in [1.54, 1.807) is 0 Å². The van der Waals surface area contributed by atoms with Gasteiger partial charge in [-0.3, -0.25) is 0 Å². The first-order valence-electron chi connectivity index (χ1n) is 2.82. The number of nitrogens with one attached hydrogen (secondary N) is 1. The Morgan fingerprint density at radius 3 is 1.62 bits per heavy atom. The molecule has 1 atom stereocenters. The van der Waals surface area contributed by atoms with Crippen LogP contribution in [0.5, 0.6) is 0 Å². The molecule has 8 heavy (non-hydrogen) atoms. The van der Waals surface area contributed by atoms with Gasteiger partial charge in [-0.25, -0.2) is 0 Å². The second-order valence-electron chi connectivity index (χ2n) is 2.83. The third-order valence-electron chi connectivity index (χ3n) is 1.22. The molecular formula is C6H16NS+. The van der Waals surface area contributed by atoms with Gasteiger partial charge in [-0.2, -0.15) is 0 Å². The van der Waals surface area contributed by atoms with Crippen molar-refractivity contribution in [3.8, 4) is 0 Å². The molecule has 0 fully saturated rings. The molecule has 1 nitrogen and oxygen atoms in total. The summed E-state index contributed by atoms with van der Waals surface area (Å²) in [6.45, 7) is 6.73. The summed E-state index contributed by atoms with van der Waals surface area (Å²) in [5, 5.41) is 0. The quantitative estimate of drug-likeness (QED) is 0.531. The normalized spacial score (nSPS) is 16.1. The first-order valence-corrected chi connectivity index (χ1v) is 4.45. The Labute approximate surface area is 55.3 Å². The van der Waals surface area contributed by atoms with Gasteiger partial charge in [0.05, 0.1) is 11.1 Å². The average Bonchev–Trinajstić information content (AvgIpc) is 1.62. The first kappa shape index (κ1) is 8.31. The third kappa shape index (κ3) is 2.58. The van der Waals surface area contributed by atoms with E-state index in [2.05, 4.69) is 31.7 Å². The third-order valence-corrected chi connectivity index (χ3v) is 3.67. The van der Waals surface area contributed by atoms with Crippen LogP contribution in [0.4, 0.5) is 0 Å². The molecule has 1 unspecified atom stereocenters. The molecule has 0 saturated heterocycles. The Hall–Kier alpha value is 0.310. The van der Waals surface area contributed by atoms with E-state index < -0.39 is 0 Å².